The van der Waals surface area contributed by atoms with Crippen molar-refractivity contribution in [1.82, 2.24) is 15.0 Å². The molecule has 0 atom stereocenters. The molecule has 25 heavy (non-hydrogen) atoms. The molecule has 2 aromatic heterocycles. The van der Waals surface area contributed by atoms with E-state index in [2.05, 4.69) is 50.7 Å². The van der Waals surface area contributed by atoms with Crippen molar-refractivity contribution in [2.24, 2.45) is 0 Å². The van der Waals surface area contributed by atoms with E-state index < -0.39 is 0 Å². The van der Waals surface area contributed by atoms with Gasteiger partial charge >= 0.3 is 0 Å². The van der Waals surface area contributed by atoms with Gasteiger partial charge in [-0.2, -0.15) is 0 Å². The minimum Gasteiger partial charge on any atom is -0.388 e. The Bertz CT molecular complexity index is 757. The lowest BCUT2D eigenvalue weighted by atomic mass is 9.89. The van der Waals surface area contributed by atoms with Gasteiger partial charge in [0.05, 0.1) is 25.1 Å². The molecule has 0 bridgehead atoms. The van der Waals surface area contributed by atoms with Gasteiger partial charge in [0.1, 0.15) is 18.2 Å². The summed E-state index contributed by atoms with van der Waals surface area (Å²) in [5.41, 5.74) is 2.06. The molecular weight excluding hydrogens is 318 g/mol. The number of hydrogen-bond acceptors (Lipinski definition) is 7. The molecule has 2 aromatic rings. The fourth-order valence-corrected chi connectivity index (χ4v) is 3.45. The summed E-state index contributed by atoms with van der Waals surface area (Å²) in [5.74, 6) is 2.29. The van der Waals surface area contributed by atoms with Crippen LogP contribution < -0.4 is 9.80 Å². The number of rotatable bonds is 3. The van der Waals surface area contributed by atoms with E-state index in [0.29, 0.717) is 5.82 Å². The quantitative estimate of drug-likeness (QED) is 0.909. The van der Waals surface area contributed by atoms with Gasteiger partial charge in [-0.3, -0.25) is 0 Å². The number of hydrogen-bond donors (Lipinski definition) is 1. The summed E-state index contributed by atoms with van der Waals surface area (Å²) in [6, 6.07) is 4.14. The van der Waals surface area contributed by atoms with E-state index >= 15 is 0 Å². The number of aliphatic hydroxyl groups excluding tert-OH is 1. The molecule has 2 aliphatic heterocycles. The van der Waals surface area contributed by atoms with Crippen LogP contribution in [-0.2, 0) is 16.8 Å². The second-order valence-corrected chi connectivity index (χ2v) is 7.13. The maximum absolute atomic E-state index is 9.36. The normalized spacial score (nSPS) is 19.2. The SMILES string of the molecule is CC1(C)CN(c2ccc(N3CCOCC3)nc2)c2nc(CO)ncc21. The first-order chi connectivity index (χ1) is 12.1. The van der Waals surface area contributed by atoms with Crippen LogP contribution in [0.3, 0.4) is 0 Å². The number of pyridine rings is 1. The predicted molar refractivity (Wildman–Crippen MR) is 95.3 cm³/mol. The first kappa shape index (κ1) is 16.2. The number of fused-ring (bicyclic) bond motifs is 1. The largest absolute Gasteiger partial charge is 0.388 e. The van der Waals surface area contributed by atoms with E-state index in [1.165, 1.54) is 0 Å². The Kier molecular flexibility index (Phi) is 4.05. The lowest BCUT2D eigenvalue weighted by Crippen LogP contribution is -2.36. The molecule has 7 nitrogen and oxygen atoms in total. The molecule has 0 spiro atoms. The number of anilines is 3. The zero-order valence-corrected chi connectivity index (χ0v) is 14.6. The van der Waals surface area contributed by atoms with Crippen molar-refractivity contribution in [3.63, 3.8) is 0 Å². The van der Waals surface area contributed by atoms with E-state index in [1.807, 2.05) is 12.4 Å². The minimum atomic E-state index is -0.157. The van der Waals surface area contributed by atoms with Gasteiger partial charge in [-0.05, 0) is 12.1 Å². The summed E-state index contributed by atoms with van der Waals surface area (Å²) in [4.78, 5) is 17.8. The summed E-state index contributed by atoms with van der Waals surface area (Å²) in [6.45, 7) is 8.26. The van der Waals surface area contributed by atoms with Crippen molar-refractivity contribution in [2.75, 3.05) is 42.6 Å². The maximum atomic E-state index is 9.36. The van der Waals surface area contributed by atoms with Crippen molar-refractivity contribution >= 4 is 17.3 Å². The maximum Gasteiger partial charge on any atom is 0.156 e. The third kappa shape index (κ3) is 2.94. The monoisotopic (exact) mass is 341 g/mol. The fourth-order valence-electron chi connectivity index (χ4n) is 3.45. The summed E-state index contributed by atoms with van der Waals surface area (Å²) in [7, 11) is 0. The second kappa shape index (κ2) is 6.24. The first-order valence-corrected chi connectivity index (χ1v) is 8.62. The van der Waals surface area contributed by atoms with Crippen LogP contribution in [0.25, 0.3) is 0 Å². The van der Waals surface area contributed by atoms with E-state index in [1.54, 1.807) is 0 Å². The Morgan fingerprint density at radius 1 is 1.16 bits per heavy atom. The Labute approximate surface area is 147 Å². The van der Waals surface area contributed by atoms with Crippen LogP contribution in [0.5, 0.6) is 0 Å². The lowest BCUT2D eigenvalue weighted by molar-refractivity contribution is 0.122. The van der Waals surface area contributed by atoms with Crippen LogP contribution in [0.4, 0.5) is 17.3 Å². The smallest absolute Gasteiger partial charge is 0.156 e. The Balaban J connectivity index is 1.64. The van der Waals surface area contributed by atoms with Gasteiger partial charge in [0, 0.05) is 36.8 Å². The molecule has 0 saturated carbocycles. The van der Waals surface area contributed by atoms with Gasteiger partial charge in [-0.1, -0.05) is 13.8 Å². The fraction of sp³-hybridized carbons (Fsp3) is 0.500. The standard InChI is InChI=1S/C18H23N5O2/c1-18(2)12-23(17-14(18)10-19-15(11-24)21-17)13-3-4-16(20-9-13)22-5-7-25-8-6-22/h3-4,9-10,24H,5-8,11-12H2,1-2H3. The molecule has 0 aliphatic carbocycles. The molecule has 2 aliphatic rings. The third-order valence-corrected chi connectivity index (χ3v) is 4.88. The zero-order chi connectivity index (χ0) is 17.4. The Morgan fingerprint density at radius 3 is 2.64 bits per heavy atom. The molecule has 0 radical (unpaired) electrons. The highest BCUT2D eigenvalue weighted by Crippen LogP contribution is 2.42. The molecule has 0 aromatic carbocycles. The molecule has 4 rings (SSSR count). The molecule has 132 valence electrons. The highest BCUT2D eigenvalue weighted by molar-refractivity contribution is 5.69. The van der Waals surface area contributed by atoms with Gasteiger partial charge in [0.15, 0.2) is 5.82 Å². The molecule has 1 fully saturated rings. The lowest BCUT2D eigenvalue weighted by Gasteiger charge is -2.28. The summed E-state index contributed by atoms with van der Waals surface area (Å²) >= 11 is 0. The van der Waals surface area contributed by atoms with Crippen molar-refractivity contribution < 1.29 is 9.84 Å². The van der Waals surface area contributed by atoms with Crippen LogP contribution in [0, 0.1) is 0 Å². The van der Waals surface area contributed by atoms with E-state index in [-0.39, 0.29) is 12.0 Å². The molecule has 1 N–H and O–H groups in total. The van der Waals surface area contributed by atoms with Gasteiger partial charge < -0.3 is 19.6 Å². The molecule has 7 heteroatoms. The molecule has 4 heterocycles. The van der Waals surface area contributed by atoms with Crippen LogP contribution in [-0.4, -0.2) is 52.9 Å². The summed E-state index contributed by atoms with van der Waals surface area (Å²) in [5, 5.41) is 9.36. The van der Waals surface area contributed by atoms with Crippen molar-refractivity contribution in [1.29, 1.82) is 0 Å². The topological polar surface area (TPSA) is 74.6 Å². The van der Waals surface area contributed by atoms with Crippen molar-refractivity contribution in [3.05, 3.63) is 35.9 Å². The Hall–Kier alpha value is -2.25. The van der Waals surface area contributed by atoms with Gasteiger partial charge in [-0.15, -0.1) is 0 Å². The molecule has 0 amide bonds. The van der Waals surface area contributed by atoms with Crippen molar-refractivity contribution in [2.45, 2.75) is 25.9 Å². The molecule has 1 saturated heterocycles. The summed E-state index contributed by atoms with van der Waals surface area (Å²) in [6.07, 6.45) is 3.74. The first-order valence-electron chi connectivity index (χ1n) is 8.62. The summed E-state index contributed by atoms with van der Waals surface area (Å²) < 4.78 is 5.40. The van der Waals surface area contributed by atoms with Gasteiger partial charge in [-0.25, -0.2) is 15.0 Å². The van der Waals surface area contributed by atoms with Gasteiger partial charge in [0.2, 0.25) is 0 Å². The third-order valence-electron chi connectivity index (χ3n) is 4.88. The van der Waals surface area contributed by atoms with Crippen molar-refractivity contribution in [3.8, 4) is 0 Å². The number of ether oxygens (including phenoxy) is 1. The van der Waals surface area contributed by atoms with E-state index in [9.17, 15) is 5.11 Å². The highest BCUT2D eigenvalue weighted by Gasteiger charge is 2.37. The average molecular weight is 341 g/mol. The van der Waals surface area contributed by atoms with E-state index in [0.717, 1.165) is 55.7 Å². The molecule has 0 unspecified atom stereocenters. The number of aliphatic hydroxyl groups is 1. The highest BCUT2D eigenvalue weighted by atomic mass is 16.5. The van der Waals surface area contributed by atoms with Crippen LogP contribution in [0.1, 0.15) is 25.2 Å². The number of aromatic nitrogens is 3. The van der Waals surface area contributed by atoms with E-state index in [4.69, 9.17) is 4.74 Å². The van der Waals surface area contributed by atoms with Crippen LogP contribution in [0.15, 0.2) is 24.5 Å². The van der Waals surface area contributed by atoms with Gasteiger partial charge in [0.25, 0.3) is 0 Å². The predicted octanol–water partition coefficient (Wildman–Crippen LogP) is 1.63. The number of nitrogens with zero attached hydrogens (tertiary/aromatic N) is 5. The van der Waals surface area contributed by atoms with Crippen LogP contribution >= 0.6 is 0 Å². The second-order valence-electron chi connectivity index (χ2n) is 7.13. The zero-order valence-electron chi connectivity index (χ0n) is 14.6. The number of morpholine rings is 1. The Morgan fingerprint density at radius 2 is 1.96 bits per heavy atom. The van der Waals surface area contributed by atoms with Crippen LogP contribution in [0.2, 0.25) is 0 Å². The molecular formula is C18H23N5O2. The minimum absolute atomic E-state index is 0.0494. The average Bonchev–Trinajstić information content (AvgIpc) is 2.93.